The molecule has 4 nitrogen and oxygen atoms in total. The Kier molecular flexibility index (Phi) is 3.68. The van der Waals surface area contributed by atoms with Crippen LogP contribution >= 0.6 is 0 Å². The predicted molar refractivity (Wildman–Crippen MR) is 69.2 cm³/mol. The van der Waals surface area contributed by atoms with Gasteiger partial charge in [-0.3, -0.25) is 4.90 Å². The highest BCUT2D eigenvalue weighted by Gasteiger charge is 2.35. The van der Waals surface area contributed by atoms with Crippen LogP contribution in [0.15, 0.2) is 16.5 Å². The molecule has 2 aliphatic rings. The summed E-state index contributed by atoms with van der Waals surface area (Å²) >= 11 is 0. The van der Waals surface area contributed by atoms with Crippen molar-refractivity contribution in [1.29, 1.82) is 0 Å². The minimum Gasteiger partial charge on any atom is -0.462 e. The third-order valence-corrected chi connectivity index (χ3v) is 4.27. The third-order valence-electron chi connectivity index (χ3n) is 4.27. The van der Waals surface area contributed by atoms with E-state index in [0.717, 1.165) is 37.9 Å². The van der Waals surface area contributed by atoms with E-state index in [2.05, 4.69) is 16.3 Å². The van der Waals surface area contributed by atoms with Crippen molar-refractivity contribution in [1.82, 2.24) is 10.2 Å². The van der Waals surface area contributed by atoms with E-state index in [1.54, 1.807) is 0 Å². The average molecular weight is 250 g/mol. The molecule has 1 saturated heterocycles. The lowest BCUT2D eigenvalue weighted by Crippen LogP contribution is -2.47. The van der Waals surface area contributed by atoms with Crippen molar-refractivity contribution in [3.05, 3.63) is 23.7 Å². The van der Waals surface area contributed by atoms with Crippen LogP contribution in [0, 0.1) is 5.92 Å². The summed E-state index contributed by atoms with van der Waals surface area (Å²) < 4.78 is 5.79. The number of nitrogens with one attached hydrogen (secondary N) is 1. The molecule has 2 fully saturated rings. The summed E-state index contributed by atoms with van der Waals surface area (Å²) in [5, 5.41) is 12.5. The highest BCUT2D eigenvalue weighted by molar-refractivity contribution is 5.13. The molecule has 2 N–H and O–H groups in total. The zero-order valence-corrected chi connectivity index (χ0v) is 10.8. The van der Waals surface area contributed by atoms with Crippen LogP contribution < -0.4 is 5.32 Å². The molecule has 100 valence electrons. The summed E-state index contributed by atoms with van der Waals surface area (Å²) in [6.45, 7) is 4.32. The van der Waals surface area contributed by atoms with E-state index in [1.807, 2.05) is 6.07 Å². The van der Waals surface area contributed by atoms with E-state index in [-0.39, 0.29) is 6.61 Å². The predicted octanol–water partition coefficient (Wildman–Crippen LogP) is 1.52. The Bertz CT molecular complexity index is 381. The van der Waals surface area contributed by atoms with E-state index >= 15 is 0 Å². The van der Waals surface area contributed by atoms with Gasteiger partial charge < -0.3 is 14.8 Å². The number of rotatable bonds is 4. The SMILES string of the molecule is OCc1ccc([C@@H](C2CCC2)N2CCNCC2)o1. The van der Waals surface area contributed by atoms with Gasteiger partial charge in [0, 0.05) is 26.2 Å². The summed E-state index contributed by atoms with van der Waals surface area (Å²) in [6, 6.07) is 4.38. The van der Waals surface area contributed by atoms with E-state index in [0.29, 0.717) is 11.8 Å². The number of piperazine rings is 1. The second kappa shape index (κ2) is 5.43. The molecular formula is C14H22N2O2. The molecule has 4 heteroatoms. The van der Waals surface area contributed by atoms with E-state index < -0.39 is 0 Å². The largest absolute Gasteiger partial charge is 0.462 e. The van der Waals surface area contributed by atoms with E-state index in [1.165, 1.54) is 19.3 Å². The van der Waals surface area contributed by atoms with Crippen molar-refractivity contribution in [2.45, 2.75) is 31.9 Å². The fourth-order valence-electron chi connectivity index (χ4n) is 3.06. The molecule has 0 unspecified atom stereocenters. The third kappa shape index (κ3) is 2.32. The molecule has 1 atom stereocenters. The Morgan fingerprint density at radius 2 is 2.11 bits per heavy atom. The van der Waals surface area contributed by atoms with E-state index in [9.17, 15) is 0 Å². The lowest BCUT2D eigenvalue weighted by Gasteiger charge is -2.41. The van der Waals surface area contributed by atoms with Crippen LogP contribution in [0.1, 0.15) is 36.8 Å². The number of hydrogen-bond donors (Lipinski definition) is 2. The van der Waals surface area contributed by atoms with Crippen LogP contribution in [-0.2, 0) is 6.61 Å². The van der Waals surface area contributed by atoms with Crippen LogP contribution in [0.4, 0.5) is 0 Å². The molecule has 0 bridgehead atoms. The van der Waals surface area contributed by atoms with Crippen molar-refractivity contribution < 1.29 is 9.52 Å². The second-order valence-corrected chi connectivity index (χ2v) is 5.38. The summed E-state index contributed by atoms with van der Waals surface area (Å²) in [4.78, 5) is 2.54. The summed E-state index contributed by atoms with van der Waals surface area (Å²) in [5.74, 6) is 2.47. The molecule has 2 heterocycles. The number of aliphatic hydroxyl groups is 1. The minimum absolute atomic E-state index is 0.00105. The van der Waals surface area contributed by atoms with Crippen LogP contribution in [0.2, 0.25) is 0 Å². The van der Waals surface area contributed by atoms with Crippen LogP contribution in [0.3, 0.4) is 0 Å². The smallest absolute Gasteiger partial charge is 0.129 e. The Labute approximate surface area is 108 Å². The van der Waals surface area contributed by atoms with Gasteiger partial charge in [0.2, 0.25) is 0 Å². The first-order valence-corrected chi connectivity index (χ1v) is 7.02. The molecule has 1 aromatic heterocycles. The van der Waals surface area contributed by atoms with Crippen LogP contribution in [0.5, 0.6) is 0 Å². The molecule has 1 aliphatic heterocycles. The Morgan fingerprint density at radius 1 is 1.33 bits per heavy atom. The first-order valence-electron chi connectivity index (χ1n) is 7.02. The zero-order valence-electron chi connectivity index (χ0n) is 10.8. The minimum atomic E-state index is -0.00105. The molecule has 1 aromatic rings. The first kappa shape index (κ1) is 12.2. The first-order chi connectivity index (χ1) is 8.88. The summed E-state index contributed by atoms with van der Waals surface area (Å²) in [6.07, 6.45) is 3.97. The Hall–Kier alpha value is -0.840. The van der Waals surface area contributed by atoms with Gasteiger partial charge in [0.1, 0.15) is 18.1 Å². The molecule has 1 saturated carbocycles. The molecule has 18 heavy (non-hydrogen) atoms. The normalized spacial score (nSPS) is 23.8. The fraction of sp³-hybridized carbons (Fsp3) is 0.714. The van der Waals surface area contributed by atoms with Crippen LogP contribution in [0.25, 0.3) is 0 Å². The van der Waals surface area contributed by atoms with Crippen molar-refractivity contribution in [2.24, 2.45) is 5.92 Å². The Morgan fingerprint density at radius 3 is 2.67 bits per heavy atom. The molecule has 0 amide bonds. The second-order valence-electron chi connectivity index (χ2n) is 5.38. The monoisotopic (exact) mass is 250 g/mol. The maximum Gasteiger partial charge on any atom is 0.129 e. The van der Waals surface area contributed by atoms with Gasteiger partial charge in [-0.2, -0.15) is 0 Å². The number of aliphatic hydroxyl groups excluding tert-OH is 1. The number of nitrogens with zero attached hydrogens (tertiary/aromatic N) is 1. The maximum atomic E-state index is 9.14. The average Bonchev–Trinajstić information content (AvgIpc) is 2.83. The van der Waals surface area contributed by atoms with Gasteiger partial charge in [0.15, 0.2) is 0 Å². The van der Waals surface area contributed by atoms with Gasteiger partial charge in [0.25, 0.3) is 0 Å². The molecule has 1 aliphatic carbocycles. The molecule has 0 spiro atoms. The quantitative estimate of drug-likeness (QED) is 0.850. The highest BCUT2D eigenvalue weighted by atomic mass is 16.4. The van der Waals surface area contributed by atoms with Crippen molar-refractivity contribution in [3.63, 3.8) is 0 Å². The molecule has 0 radical (unpaired) electrons. The van der Waals surface area contributed by atoms with Gasteiger partial charge in [-0.05, 0) is 30.9 Å². The van der Waals surface area contributed by atoms with Crippen molar-refractivity contribution in [3.8, 4) is 0 Å². The molecule has 3 rings (SSSR count). The standard InChI is InChI=1S/C14H22N2O2/c17-10-12-4-5-13(18-12)14(11-2-1-3-11)16-8-6-15-7-9-16/h4-5,11,14-15,17H,1-3,6-10H2/t14-/m1/s1. The van der Waals surface area contributed by atoms with Crippen molar-refractivity contribution in [2.75, 3.05) is 26.2 Å². The number of hydrogen-bond acceptors (Lipinski definition) is 4. The summed E-state index contributed by atoms with van der Waals surface area (Å²) in [5.41, 5.74) is 0. The zero-order chi connectivity index (χ0) is 12.4. The highest BCUT2D eigenvalue weighted by Crippen LogP contribution is 2.41. The summed E-state index contributed by atoms with van der Waals surface area (Å²) in [7, 11) is 0. The number of furan rings is 1. The van der Waals surface area contributed by atoms with Gasteiger partial charge in [-0.1, -0.05) is 6.42 Å². The Balaban J connectivity index is 1.79. The van der Waals surface area contributed by atoms with Crippen molar-refractivity contribution >= 4 is 0 Å². The fourth-order valence-corrected chi connectivity index (χ4v) is 3.06. The lowest BCUT2D eigenvalue weighted by atomic mass is 9.78. The lowest BCUT2D eigenvalue weighted by molar-refractivity contribution is 0.0663. The van der Waals surface area contributed by atoms with Crippen LogP contribution in [-0.4, -0.2) is 36.2 Å². The maximum absolute atomic E-state index is 9.14. The van der Waals surface area contributed by atoms with Gasteiger partial charge in [-0.25, -0.2) is 0 Å². The topological polar surface area (TPSA) is 48.6 Å². The van der Waals surface area contributed by atoms with Gasteiger partial charge in [0.05, 0.1) is 6.04 Å². The molecular weight excluding hydrogens is 228 g/mol. The molecule has 0 aromatic carbocycles. The van der Waals surface area contributed by atoms with Gasteiger partial charge in [-0.15, -0.1) is 0 Å². The van der Waals surface area contributed by atoms with Gasteiger partial charge >= 0.3 is 0 Å². The van der Waals surface area contributed by atoms with E-state index in [4.69, 9.17) is 9.52 Å².